The van der Waals surface area contributed by atoms with Gasteiger partial charge >= 0.3 is 0 Å². The van der Waals surface area contributed by atoms with Crippen molar-refractivity contribution in [3.63, 3.8) is 0 Å². The van der Waals surface area contributed by atoms with Crippen LogP contribution in [-0.4, -0.2) is 33.8 Å². The molecule has 1 unspecified atom stereocenters. The highest BCUT2D eigenvalue weighted by molar-refractivity contribution is 5.92. The molecule has 2 aliphatic rings. The van der Waals surface area contributed by atoms with E-state index in [1.54, 1.807) is 0 Å². The van der Waals surface area contributed by atoms with Crippen molar-refractivity contribution in [3.05, 3.63) is 29.6 Å². The van der Waals surface area contributed by atoms with Crippen LogP contribution in [0.3, 0.4) is 0 Å². The molecule has 3 heterocycles. The van der Waals surface area contributed by atoms with Crippen LogP contribution in [0.5, 0.6) is 0 Å². The van der Waals surface area contributed by atoms with Gasteiger partial charge in [-0.3, -0.25) is 4.79 Å². The Balaban J connectivity index is 1.48. The lowest BCUT2D eigenvalue weighted by Gasteiger charge is -2.13. The van der Waals surface area contributed by atoms with E-state index in [0.29, 0.717) is 12.3 Å². The Morgan fingerprint density at radius 3 is 3.07 bits per heavy atom. The molecule has 6 heteroatoms. The molecule has 1 saturated heterocycles. The van der Waals surface area contributed by atoms with Crippen LogP contribution in [0.15, 0.2) is 18.2 Å². The van der Waals surface area contributed by atoms with Crippen LogP contribution in [0.1, 0.15) is 49.9 Å². The maximum Gasteiger partial charge on any atom is 0.224 e. The molecule has 2 N–H and O–H groups in total. The molecule has 0 spiro atoms. The summed E-state index contributed by atoms with van der Waals surface area (Å²) in [6.45, 7) is 5.13. The van der Waals surface area contributed by atoms with Gasteiger partial charge in [-0.1, -0.05) is 18.6 Å². The summed E-state index contributed by atoms with van der Waals surface area (Å²) < 4.78 is 2.25. The van der Waals surface area contributed by atoms with E-state index in [4.69, 9.17) is 0 Å². The highest BCUT2D eigenvalue weighted by Crippen LogP contribution is 2.27. The van der Waals surface area contributed by atoms with Gasteiger partial charge in [0.05, 0.1) is 0 Å². The van der Waals surface area contributed by atoms with E-state index in [1.807, 2.05) is 13.0 Å². The molecule has 1 amide bonds. The van der Waals surface area contributed by atoms with Gasteiger partial charge in [-0.25, -0.2) is 0 Å². The minimum Gasteiger partial charge on any atom is -0.326 e. The number of carbonyl (C=O) groups is 1. The quantitative estimate of drug-likeness (QED) is 0.850. The zero-order valence-electron chi connectivity index (χ0n) is 16.1. The highest BCUT2D eigenvalue weighted by Gasteiger charge is 2.18. The lowest BCUT2D eigenvalue weighted by molar-refractivity contribution is -0.116. The molecule has 0 radical (unpaired) electrons. The van der Waals surface area contributed by atoms with Crippen LogP contribution in [-0.2, 0) is 17.8 Å². The number of amides is 1. The smallest absolute Gasteiger partial charge is 0.224 e. The van der Waals surface area contributed by atoms with E-state index in [0.717, 1.165) is 60.9 Å². The van der Waals surface area contributed by atoms with Crippen LogP contribution < -0.4 is 10.6 Å². The summed E-state index contributed by atoms with van der Waals surface area (Å²) in [5.74, 6) is 2.73. The molecule has 6 nitrogen and oxygen atoms in total. The average Bonchev–Trinajstić information content (AvgIpc) is 3.27. The Bertz CT molecular complexity index is 807. The van der Waals surface area contributed by atoms with Crippen molar-refractivity contribution in [2.45, 2.75) is 58.4 Å². The lowest BCUT2D eigenvalue weighted by atomic mass is 10.0. The lowest BCUT2D eigenvalue weighted by Crippen LogP contribution is -2.15. The molecular weight excluding hydrogens is 338 g/mol. The summed E-state index contributed by atoms with van der Waals surface area (Å²) in [6.07, 6.45) is 7.31. The first-order valence-corrected chi connectivity index (χ1v) is 10.2. The molecule has 1 aromatic heterocycles. The maximum absolute atomic E-state index is 12.4. The normalized spacial score (nSPS) is 19.5. The van der Waals surface area contributed by atoms with Crippen molar-refractivity contribution in [2.75, 3.05) is 18.4 Å². The number of nitrogens with zero attached hydrogens (tertiary/aromatic N) is 3. The van der Waals surface area contributed by atoms with Crippen LogP contribution in [0, 0.1) is 12.8 Å². The van der Waals surface area contributed by atoms with Crippen molar-refractivity contribution in [1.29, 1.82) is 0 Å². The fourth-order valence-electron chi connectivity index (χ4n) is 4.10. The van der Waals surface area contributed by atoms with Crippen molar-refractivity contribution >= 4 is 11.6 Å². The third-order valence-electron chi connectivity index (χ3n) is 5.82. The number of aromatic nitrogens is 3. The molecular formula is C21H29N5O. The first-order chi connectivity index (χ1) is 13.2. The number of fused-ring (bicyclic) bond motifs is 1. The Hall–Kier alpha value is -2.21. The van der Waals surface area contributed by atoms with Gasteiger partial charge in [0.2, 0.25) is 5.91 Å². The first kappa shape index (κ1) is 18.2. The molecule has 144 valence electrons. The van der Waals surface area contributed by atoms with Gasteiger partial charge in [-0.05, 0) is 63.2 Å². The summed E-state index contributed by atoms with van der Waals surface area (Å²) in [5.41, 5.74) is 2.98. The molecule has 0 bridgehead atoms. The Morgan fingerprint density at radius 2 is 2.22 bits per heavy atom. The molecule has 4 rings (SSSR count). The Morgan fingerprint density at radius 1 is 1.30 bits per heavy atom. The maximum atomic E-state index is 12.4. The second kappa shape index (κ2) is 8.21. The standard InChI is InChI=1S/C21H29N5O/c1-15-6-8-17(21-25-24-19-5-3-2-4-12-26(19)21)13-18(15)23-20(27)9-7-16-10-11-22-14-16/h6,8,13,16,22H,2-5,7,9-12,14H2,1H3,(H,23,27). The minimum absolute atomic E-state index is 0.0993. The highest BCUT2D eigenvalue weighted by atomic mass is 16.1. The van der Waals surface area contributed by atoms with Crippen molar-refractivity contribution in [2.24, 2.45) is 5.92 Å². The van der Waals surface area contributed by atoms with E-state index in [2.05, 4.69) is 37.5 Å². The summed E-state index contributed by atoms with van der Waals surface area (Å²) >= 11 is 0. The number of rotatable bonds is 5. The Labute approximate surface area is 160 Å². The first-order valence-electron chi connectivity index (χ1n) is 10.2. The van der Waals surface area contributed by atoms with Gasteiger partial charge in [0, 0.05) is 30.6 Å². The third-order valence-corrected chi connectivity index (χ3v) is 5.82. The fraction of sp³-hybridized carbons (Fsp3) is 0.571. The topological polar surface area (TPSA) is 71.8 Å². The number of carbonyl (C=O) groups excluding carboxylic acids is 1. The number of benzene rings is 1. The number of aryl methyl sites for hydroxylation is 2. The minimum atomic E-state index is 0.0993. The van der Waals surface area contributed by atoms with E-state index < -0.39 is 0 Å². The van der Waals surface area contributed by atoms with Gasteiger partial charge in [-0.15, -0.1) is 10.2 Å². The summed E-state index contributed by atoms with van der Waals surface area (Å²) in [7, 11) is 0. The fourth-order valence-corrected chi connectivity index (χ4v) is 4.10. The van der Waals surface area contributed by atoms with E-state index >= 15 is 0 Å². The van der Waals surface area contributed by atoms with E-state index in [9.17, 15) is 4.79 Å². The molecule has 0 saturated carbocycles. The molecule has 2 aliphatic heterocycles. The predicted octanol–water partition coefficient (Wildman–Crippen LogP) is 3.31. The average molecular weight is 367 g/mol. The van der Waals surface area contributed by atoms with Crippen LogP contribution in [0.25, 0.3) is 11.4 Å². The van der Waals surface area contributed by atoms with E-state index in [1.165, 1.54) is 25.7 Å². The second-order valence-electron chi connectivity index (χ2n) is 7.88. The summed E-state index contributed by atoms with van der Waals surface area (Å²) in [5, 5.41) is 15.3. The molecule has 1 atom stereocenters. The summed E-state index contributed by atoms with van der Waals surface area (Å²) in [6, 6.07) is 6.19. The largest absolute Gasteiger partial charge is 0.326 e. The van der Waals surface area contributed by atoms with Crippen LogP contribution >= 0.6 is 0 Å². The molecule has 1 aromatic carbocycles. The zero-order chi connectivity index (χ0) is 18.6. The van der Waals surface area contributed by atoms with E-state index in [-0.39, 0.29) is 5.91 Å². The number of hydrogen-bond acceptors (Lipinski definition) is 4. The predicted molar refractivity (Wildman–Crippen MR) is 107 cm³/mol. The van der Waals surface area contributed by atoms with Gasteiger partial charge < -0.3 is 15.2 Å². The van der Waals surface area contributed by atoms with Crippen LogP contribution in [0.4, 0.5) is 5.69 Å². The summed E-state index contributed by atoms with van der Waals surface area (Å²) in [4.78, 5) is 12.4. The Kier molecular flexibility index (Phi) is 5.53. The molecule has 0 aliphatic carbocycles. The molecule has 2 aromatic rings. The monoisotopic (exact) mass is 367 g/mol. The van der Waals surface area contributed by atoms with Gasteiger partial charge in [-0.2, -0.15) is 0 Å². The van der Waals surface area contributed by atoms with Gasteiger partial charge in [0.15, 0.2) is 5.82 Å². The number of nitrogens with one attached hydrogen (secondary N) is 2. The zero-order valence-corrected chi connectivity index (χ0v) is 16.1. The van der Waals surface area contributed by atoms with Gasteiger partial charge in [0.25, 0.3) is 0 Å². The van der Waals surface area contributed by atoms with Crippen molar-refractivity contribution < 1.29 is 4.79 Å². The van der Waals surface area contributed by atoms with Crippen molar-refractivity contribution in [1.82, 2.24) is 20.1 Å². The van der Waals surface area contributed by atoms with Crippen molar-refractivity contribution in [3.8, 4) is 11.4 Å². The molecule has 27 heavy (non-hydrogen) atoms. The number of anilines is 1. The molecule has 1 fully saturated rings. The van der Waals surface area contributed by atoms with Gasteiger partial charge in [0.1, 0.15) is 5.82 Å². The SMILES string of the molecule is Cc1ccc(-c2nnc3n2CCCCC3)cc1NC(=O)CCC1CCNC1. The number of hydrogen-bond donors (Lipinski definition) is 2. The van der Waals surface area contributed by atoms with Crippen LogP contribution in [0.2, 0.25) is 0 Å². The third kappa shape index (κ3) is 4.21. The second-order valence-corrected chi connectivity index (χ2v) is 7.88.